The summed E-state index contributed by atoms with van der Waals surface area (Å²) < 4.78 is 5.63. The molecule has 0 aromatic heterocycles. The summed E-state index contributed by atoms with van der Waals surface area (Å²) >= 11 is 0. The number of hydrogen-bond acceptors (Lipinski definition) is 4. The van der Waals surface area contributed by atoms with Gasteiger partial charge in [-0.05, 0) is 19.0 Å². The number of hydrogen-bond donors (Lipinski definition) is 2. The van der Waals surface area contributed by atoms with Crippen LogP contribution in [0.1, 0.15) is 19.4 Å². The van der Waals surface area contributed by atoms with Crippen LogP contribution < -0.4 is 10.6 Å². The van der Waals surface area contributed by atoms with Gasteiger partial charge in [0, 0.05) is 32.2 Å². The van der Waals surface area contributed by atoms with Crippen molar-refractivity contribution < 1.29 is 9.53 Å². The first kappa shape index (κ1) is 16.9. The molecule has 1 heterocycles. The standard InChI is InChI=1S/C17H27N3O2/c1-3-18-14(2)11-19-17(21)16-13-20(9-10-22-16)12-15-7-5-4-6-8-15/h4-8,14,16,18H,3,9-13H2,1-2H3,(H,19,21)/t14-,16?/m1/s1. The highest BCUT2D eigenvalue weighted by atomic mass is 16.5. The molecule has 0 aliphatic carbocycles. The van der Waals surface area contributed by atoms with Crippen LogP contribution in [0.2, 0.25) is 0 Å². The van der Waals surface area contributed by atoms with Crippen molar-refractivity contribution in [3.8, 4) is 0 Å². The molecule has 1 saturated heterocycles. The average Bonchev–Trinajstić information content (AvgIpc) is 2.54. The zero-order chi connectivity index (χ0) is 15.8. The predicted octanol–water partition coefficient (Wildman–Crippen LogP) is 1.00. The molecule has 0 spiro atoms. The summed E-state index contributed by atoms with van der Waals surface area (Å²) in [4.78, 5) is 14.5. The minimum absolute atomic E-state index is 0.0116. The molecule has 2 rings (SSSR count). The summed E-state index contributed by atoms with van der Waals surface area (Å²) in [5, 5.41) is 6.25. The Morgan fingerprint density at radius 3 is 2.91 bits per heavy atom. The van der Waals surface area contributed by atoms with Crippen molar-refractivity contribution >= 4 is 5.91 Å². The Morgan fingerprint density at radius 1 is 1.41 bits per heavy atom. The predicted molar refractivity (Wildman–Crippen MR) is 87.6 cm³/mol. The van der Waals surface area contributed by atoms with E-state index in [1.165, 1.54) is 5.56 Å². The van der Waals surface area contributed by atoms with E-state index >= 15 is 0 Å². The Labute approximate surface area is 133 Å². The van der Waals surface area contributed by atoms with Crippen LogP contribution in [0.5, 0.6) is 0 Å². The fourth-order valence-corrected chi connectivity index (χ4v) is 2.63. The van der Waals surface area contributed by atoms with Gasteiger partial charge < -0.3 is 15.4 Å². The minimum atomic E-state index is -0.369. The van der Waals surface area contributed by atoms with Gasteiger partial charge in [0.05, 0.1) is 6.61 Å². The zero-order valence-electron chi connectivity index (χ0n) is 13.5. The normalized spacial score (nSPS) is 20.5. The van der Waals surface area contributed by atoms with Gasteiger partial charge >= 0.3 is 0 Å². The highest BCUT2D eigenvalue weighted by Gasteiger charge is 2.26. The first-order valence-corrected chi connectivity index (χ1v) is 8.08. The maximum atomic E-state index is 12.2. The third-order valence-electron chi connectivity index (χ3n) is 3.83. The molecular formula is C17H27N3O2. The number of ether oxygens (including phenoxy) is 1. The van der Waals surface area contributed by atoms with Gasteiger partial charge in [0.1, 0.15) is 6.10 Å². The smallest absolute Gasteiger partial charge is 0.250 e. The number of morpholine rings is 1. The largest absolute Gasteiger partial charge is 0.366 e. The van der Waals surface area contributed by atoms with Crippen molar-refractivity contribution in [3.63, 3.8) is 0 Å². The van der Waals surface area contributed by atoms with E-state index in [-0.39, 0.29) is 18.1 Å². The molecule has 2 atom stereocenters. The third-order valence-corrected chi connectivity index (χ3v) is 3.83. The second-order valence-electron chi connectivity index (χ2n) is 5.78. The second-order valence-corrected chi connectivity index (χ2v) is 5.78. The van der Waals surface area contributed by atoms with E-state index in [1.807, 2.05) is 18.2 Å². The zero-order valence-corrected chi connectivity index (χ0v) is 13.5. The number of carbonyl (C=O) groups excluding carboxylic acids is 1. The van der Waals surface area contributed by atoms with Gasteiger partial charge in [0.25, 0.3) is 5.91 Å². The lowest BCUT2D eigenvalue weighted by Gasteiger charge is -2.32. The summed E-state index contributed by atoms with van der Waals surface area (Å²) in [6.45, 7) is 8.64. The summed E-state index contributed by atoms with van der Waals surface area (Å²) in [5.74, 6) is -0.0116. The molecule has 1 aliphatic rings. The van der Waals surface area contributed by atoms with Crippen LogP contribution in [0.3, 0.4) is 0 Å². The Kier molecular flexibility index (Phi) is 6.83. The molecule has 0 radical (unpaired) electrons. The monoisotopic (exact) mass is 305 g/mol. The highest BCUT2D eigenvalue weighted by molar-refractivity contribution is 5.81. The van der Waals surface area contributed by atoms with E-state index in [2.05, 4.69) is 41.5 Å². The van der Waals surface area contributed by atoms with Gasteiger partial charge in [-0.3, -0.25) is 9.69 Å². The van der Waals surface area contributed by atoms with Crippen LogP contribution >= 0.6 is 0 Å². The van der Waals surface area contributed by atoms with Crippen molar-refractivity contribution in [2.45, 2.75) is 32.5 Å². The number of nitrogens with zero attached hydrogens (tertiary/aromatic N) is 1. The minimum Gasteiger partial charge on any atom is -0.366 e. The molecule has 1 amide bonds. The van der Waals surface area contributed by atoms with Gasteiger partial charge in [-0.1, -0.05) is 37.3 Å². The van der Waals surface area contributed by atoms with Gasteiger partial charge in [0.2, 0.25) is 0 Å². The molecule has 1 aliphatic heterocycles. The van der Waals surface area contributed by atoms with Crippen molar-refractivity contribution in [2.24, 2.45) is 0 Å². The average molecular weight is 305 g/mol. The Balaban J connectivity index is 1.78. The van der Waals surface area contributed by atoms with E-state index < -0.39 is 0 Å². The first-order valence-electron chi connectivity index (χ1n) is 8.08. The summed E-state index contributed by atoms with van der Waals surface area (Å²) in [6, 6.07) is 10.6. The second kappa shape index (κ2) is 8.88. The fourth-order valence-electron chi connectivity index (χ4n) is 2.63. The number of nitrogens with one attached hydrogen (secondary N) is 2. The van der Waals surface area contributed by atoms with E-state index in [4.69, 9.17) is 4.74 Å². The van der Waals surface area contributed by atoms with Gasteiger partial charge in [0.15, 0.2) is 0 Å². The quantitative estimate of drug-likeness (QED) is 0.789. The van der Waals surface area contributed by atoms with E-state index in [9.17, 15) is 4.79 Å². The van der Waals surface area contributed by atoms with Crippen molar-refractivity contribution in [1.82, 2.24) is 15.5 Å². The molecule has 5 nitrogen and oxygen atoms in total. The molecule has 0 bridgehead atoms. The maximum absolute atomic E-state index is 12.2. The maximum Gasteiger partial charge on any atom is 0.250 e. The molecule has 2 N–H and O–H groups in total. The van der Waals surface area contributed by atoms with Gasteiger partial charge in [-0.25, -0.2) is 0 Å². The molecule has 1 unspecified atom stereocenters. The topological polar surface area (TPSA) is 53.6 Å². The Morgan fingerprint density at radius 2 is 2.18 bits per heavy atom. The van der Waals surface area contributed by atoms with E-state index in [1.54, 1.807) is 0 Å². The van der Waals surface area contributed by atoms with E-state index in [0.717, 1.165) is 19.6 Å². The number of rotatable bonds is 7. The van der Waals surface area contributed by atoms with Crippen LogP contribution in [0, 0.1) is 0 Å². The Hall–Kier alpha value is -1.43. The molecule has 0 saturated carbocycles. The molecule has 5 heteroatoms. The van der Waals surface area contributed by atoms with Crippen LogP contribution in [0.25, 0.3) is 0 Å². The van der Waals surface area contributed by atoms with Gasteiger partial charge in [-0.2, -0.15) is 0 Å². The summed E-state index contributed by atoms with van der Waals surface area (Å²) in [5.41, 5.74) is 1.27. The number of likely N-dealkylation sites (N-methyl/N-ethyl adjacent to an activating group) is 1. The third kappa shape index (κ3) is 5.40. The highest BCUT2D eigenvalue weighted by Crippen LogP contribution is 2.10. The van der Waals surface area contributed by atoms with Crippen LogP contribution in [0.4, 0.5) is 0 Å². The SMILES string of the molecule is CCN[C@H](C)CNC(=O)C1CN(Cc2ccccc2)CCO1. The molecule has 1 aromatic rings. The van der Waals surface area contributed by atoms with Crippen LogP contribution in [-0.4, -0.2) is 55.7 Å². The number of carbonyl (C=O) groups is 1. The van der Waals surface area contributed by atoms with Crippen molar-refractivity contribution in [1.29, 1.82) is 0 Å². The fraction of sp³-hybridized carbons (Fsp3) is 0.588. The summed E-state index contributed by atoms with van der Waals surface area (Å²) in [7, 11) is 0. The molecule has 1 aromatic carbocycles. The lowest BCUT2D eigenvalue weighted by molar-refractivity contribution is -0.138. The van der Waals surface area contributed by atoms with Crippen LogP contribution in [-0.2, 0) is 16.1 Å². The summed E-state index contributed by atoms with van der Waals surface area (Å²) in [6.07, 6.45) is -0.369. The Bertz CT molecular complexity index is 452. The lowest BCUT2D eigenvalue weighted by atomic mass is 10.2. The van der Waals surface area contributed by atoms with E-state index in [0.29, 0.717) is 19.7 Å². The van der Waals surface area contributed by atoms with Crippen LogP contribution in [0.15, 0.2) is 30.3 Å². The molecule has 22 heavy (non-hydrogen) atoms. The van der Waals surface area contributed by atoms with Crippen molar-refractivity contribution in [2.75, 3.05) is 32.8 Å². The number of benzene rings is 1. The van der Waals surface area contributed by atoms with Crippen molar-refractivity contribution in [3.05, 3.63) is 35.9 Å². The number of amides is 1. The molecule has 1 fully saturated rings. The molecule has 122 valence electrons. The molecular weight excluding hydrogens is 278 g/mol. The first-order chi connectivity index (χ1) is 10.7. The van der Waals surface area contributed by atoms with Gasteiger partial charge in [-0.15, -0.1) is 0 Å². The lowest BCUT2D eigenvalue weighted by Crippen LogP contribution is -2.51.